The van der Waals surface area contributed by atoms with Crippen LogP contribution in [0.3, 0.4) is 0 Å². The average Bonchev–Trinajstić information content (AvgIpc) is 2.80. The Labute approximate surface area is 138 Å². The lowest BCUT2D eigenvalue weighted by atomic mass is 9.90. The van der Waals surface area contributed by atoms with Gasteiger partial charge in [0.05, 0.1) is 0 Å². The molecule has 2 heteroatoms. The fourth-order valence-corrected chi connectivity index (χ4v) is 3.55. The Balaban J connectivity index is 2.69. The zero-order chi connectivity index (χ0) is 16.4. The average molecular weight is 305 g/mol. The second kappa shape index (κ2) is 10.7. The number of allylic oxidation sites excluding steroid dienone is 3. The van der Waals surface area contributed by atoms with Crippen LogP contribution >= 0.6 is 0 Å². The second-order valence-electron chi connectivity index (χ2n) is 6.67. The zero-order valence-electron chi connectivity index (χ0n) is 14.8. The van der Waals surface area contributed by atoms with Crippen molar-refractivity contribution in [1.82, 2.24) is 4.90 Å². The number of nitrogens with two attached hydrogens (primary N) is 1. The van der Waals surface area contributed by atoms with Crippen LogP contribution in [0.4, 0.5) is 0 Å². The summed E-state index contributed by atoms with van der Waals surface area (Å²) >= 11 is 0. The molecule has 0 spiro atoms. The highest BCUT2D eigenvalue weighted by Crippen LogP contribution is 2.30. The maximum atomic E-state index is 5.70. The Morgan fingerprint density at radius 3 is 2.41 bits per heavy atom. The molecule has 1 fully saturated rings. The Morgan fingerprint density at radius 1 is 1.27 bits per heavy atom. The van der Waals surface area contributed by atoms with Gasteiger partial charge in [0.2, 0.25) is 0 Å². The van der Waals surface area contributed by atoms with E-state index in [1.165, 1.54) is 49.8 Å². The normalized spacial score (nSPS) is 18.6. The minimum atomic E-state index is 0.564. The second-order valence-corrected chi connectivity index (χ2v) is 6.67. The molecule has 0 aromatic heterocycles. The van der Waals surface area contributed by atoms with E-state index in [2.05, 4.69) is 38.0 Å². The minimum absolute atomic E-state index is 0.564. The van der Waals surface area contributed by atoms with Gasteiger partial charge in [0, 0.05) is 11.7 Å². The van der Waals surface area contributed by atoms with E-state index in [4.69, 9.17) is 5.73 Å². The summed E-state index contributed by atoms with van der Waals surface area (Å²) in [5.41, 5.74) is 8.39. The van der Waals surface area contributed by atoms with Crippen molar-refractivity contribution in [3.05, 3.63) is 36.7 Å². The first-order chi connectivity index (χ1) is 10.6. The predicted octanol–water partition coefficient (Wildman–Crippen LogP) is 5.38. The lowest BCUT2D eigenvalue weighted by molar-refractivity contribution is 0.290. The van der Waals surface area contributed by atoms with Gasteiger partial charge in [-0.3, -0.25) is 0 Å². The molecule has 1 aliphatic carbocycles. The van der Waals surface area contributed by atoms with Gasteiger partial charge in [-0.15, -0.1) is 0 Å². The molecule has 1 rings (SSSR count). The highest BCUT2D eigenvalue weighted by molar-refractivity contribution is 5.10. The summed E-state index contributed by atoms with van der Waals surface area (Å²) in [6.07, 6.45) is 15.5. The number of hydrogen-bond donors (Lipinski definition) is 1. The van der Waals surface area contributed by atoms with E-state index < -0.39 is 0 Å². The topological polar surface area (TPSA) is 29.3 Å². The number of nitrogens with zero attached hydrogens (tertiary/aromatic N) is 1. The molecule has 0 bridgehead atoms. The summed E-state index contributed by atoms with van der Waals surface area (Å²) in [7, 11) is 0. The third-order valence-corrected chi connectivity index (χ3v) is 5.12. The zero-order valence-corrected chi connectivity index (χ0v) is 14.8. The molecule has 126 valence electrons. The first kappa shape index (κ1) is 19.0. The summed E-state index contributed by atoms with van der Waals surface area (Å²) in [5, 5.41) is 0. The molecule has 2 nitrogen and oxygen atoms in total. The molecule has 0 saturated heterocycles. The molecule has 2 N–H and O–H groups in total. The smallest absolute Gasteiger partial charge is 0.0332 e. The first-order valence-corrected chi connectivity index (χ1v) is 9.05. The van der Waals surface area contributed by atoms with Gasteiger partial charge in [0.15, 0.2) is 0 Å². The van der Waals surface area contributed by atoms with E-state index >= 15 is 0 Å². The molecule has 0 aromatic carbocycles. The largest absolute Gasteiger partial charge is 0.350 e. The fraction of sp³-hybridized carbons (Fsp3) is 0.700. The number of hydrogen-bond acceptors (Lipinski definition) is 2. The molecule has 1 unspecified atom stereocenters. The van der Waals surface area contributed by atoms with Gasteiger partial charge in [-0.25, -0.2) is 0 Å². The molecule has 1 atom stereocenters. The molecular weight excluding hydrogens is 268 g/mol. The van der Waals surface area contributed by atoms with E-state index in [0.717, 1.165) is 25.8 Å². The lowest BCUT2D eigenvalue weighted by Gasteiger charge is -2.33. The Morgan fingerprint density at radius 2 is 1.91 bits per heavy atom. The van der Waals surface area contributed by atoms with E-state index in [1.54, 1.807) is 0 Å². The summed E-state index contributed by atoms with van der Waals surface area (Å²) in [6.45, 7) is 13.6. The third kappa shape index (κ3) is 6.00. The Bertz CT molecular complexity index is 362. The highest BCUT2D eigenvalue weighted by atomic mass is 15.1. The predicted molar refractivity (Wildman–Crippen MR) is 98.5 cm³/mol. The van der Waals surface area contributed by atoms with Crippen LogP contribution in [0.25, 0.3) is 0 Å². The summed E-state index contributed by atoms with van der Waals surface area (Å²) in [6, 6.07) is 0.605. The standard InChI is InChI=1S/C20H36N2/c1-5-17(3)19(12-11-15-21)16-18(4)22(6-2)20-13-9-7-8-10-14-20/h5-6,19-20H,2,4,7-16,21H2,1,3H3/b17-5-. The minimum Gasteiger partial charge on any atom is -0.350 e. The Hall–Kier alpha value is -1.02. The van der Waals surface area contributed by atoms with Gasteiger partial charge in [-0.05, 0) is 64.6 Å². The van der Waals surface area contributed by atoms with E-state index in [-0.39, 0.29) is 0 Å². The maximum Gasteiger partial charge on any atom is 0.0332 e. The monoisotopic (exact) mass is 304 g/mol. The molecule has 0 aromatic rings. The molecule has 0 aliphatic heterocycles. The van der Waals surface area contributed by atoms with E-state index in [9.17, 15) is 0 Å². The van der Waals surface area contributed by atoms with E-state index in [1.807, 2.05) is 6.20 Å². The Kier molecular flexibility index (Phi) is 9.22. The van der Waals surface area contributed by atoms with Gasteiger partial charge < -0.3 is 10.6 Å². The summed E-state index contributed by atoms with van der Waals surface area (Å²) in [4.78, 5) is 2.36. The molecule has 0 radical (unpaired) electrons. The maximum absolute atomic E-state index is 5.70. The molecule has 1 saturated carbocycles. The van der Waals surface area contributed by atoms with Gasteiger partial charge in [0.1, 0.15) is 0 Å². The van der Waals surface area contributed by atoms with Crippen molar-refractivity contribution in [1.29, 1.82) is 0 Å². The SMILES string of the molecule is C=CN(C(=C)CC(CCCN)/C(C)=C\C)C1CCCCCC1. The van der Waals surface area contributed by atoms with Crippen molar-refractivity contribution in [2.45, 2.75) is 77.7 Å². The van der Waals surface area contributed by atoms with Crippen molar-refractivity contribution >= 4 is 0 Å². The van der Waals surface area contributed by atoms with Gasteiger partial charge in [-0.1, -0.05) is 50.5 Å². The fourth-order valence-electron chi connectivity index (χ4n) is 3.55. The molecule has 0 heterocycles. The van der Waals surface area contributed by atoms with Crippen LogP contribution < -0.4 is 5.73 Å². The van der Waals surface area contributed by atoms with Crippen molar-refractivity contribution in [2.24, 2.45) is 11.7 Å². The summed E-state index contributed by atoms with van der Waals surface area (Å²) in [5.74, 6) is 0.564. The van der Waals surface area contributed by atoms with Crippen LogP contribution in [-0.2, 0) is 0 Å². The lowest BCUT2D eigenvalue weighted by Crippen LogP contribution is -2.30. The van der Waals surface area contributed by atoms with Crippen LogP contribution in [0.5, 0.6) is 0 Å². The van der Waals surface area contributed by atoms with Crippen molar-refractivity contribution in [3.63, 3.8) is 0 Å². The van der Waals surface area contributed by atoms with Crippen molar-refractivity contribution in [2.75, 3.05) is 6.54 Å². The highest BCUT2D eigenvalue weighted by Gasteiger charge is 2.21. The van der Waals surface area contributed by atoms with Crippen molar-refractivity contribution < 1.29 is 0 Å². The van der Waals surface area contributed by atoms with Crippen LogP contribution in [0.15, 0.2) is 36.7 Å². The molecular formula is C20H36N2. The van der Waals surface area contributed by atoms with Gasteiger partial charge in [-0.2, -0.15) is 0 Å². The van der Waals surface area contributed by atoms with Crippen LogP contribution in [-0.4, -0.2) is 17.5 Å². The van der Waals surface area contributed by atoms with Gasteiger partial charge in [0.25, 0.3) is 0 Å². The summed E-state index contributed by atoms with van der Waals surface area (Å²) < 4.78 is 0. The third-order valence-electron chi connectivity index (χ3n) is 5.12. The van der Waals surface area contributed by atoms with Crippen LogP contribution in [0.1, 0.15) is 71.6 Å². The quantitative estimate of drug-likeness (QED) is 0.458. The molecule has 1 aliphatic rings. The van der Waals surface area contributed by atoms with Crippen LogP contribution in [0, 0.1) is 5.92 Å². The number of rotatable bonds is 9. The van der Waals surface area contributed by atoms with Crippen LogP contribution in [0.2, 0.25) is 0 Å². The van der Waals surface area contributed by atoms with E-state index in [0.29, 0.717) is 12.0 Å². The van der Waals surface area contributed by atoms with Gasteiger partial charge >= 0.3 is 0 Å². The molecule has 0 amide bonds. The van der Waals surface area contributed by atoms with Crippen molar-refractivity contribution in [3.8, 4) is 0 Å². The first-order valence-electron chi connectivity index (χ1n) is 9.05. The molecule has 22 heavy (non-hydrogen) atoms.